The molecule has 0 spiro atoms. The summed E-state index contributed by atoms with van der Waals surface area (Å²) in [5, 5.41) is 6.97. The van der Waals surface area contributed by atoms with Gasteiger partial charge in [-0.05, 0) is 44.2 Å². The van der Waals surface area contributed by atoms with Gasteiger partial charge in [0.05, 0.1) is 0 Å². The molecule has 4 heteroatoms. The van der Waals surface area contributed by atoms with Gasteiger partial charge in [0.25, 0.3) is 0 Å². The highest BCUT2D eigenvalue weighted by Crippen LogP contribution is 2.36. The smallest absolute Gasteiger partial charge is 0.191 e. The van der Waals surface area contributed by atoms with E-state index >= 15 is 0 Å². The van der Waals surface area contributed by atoms with Gasteiger partial charge in [0.1, 0.15) is 0 Å². The summed E-state index contributed by atoms with van der Waals surface area (Å²) in [6.45, 7) is 8.12. The van der Waals surface area contributed by atoms with Crippen molar-refractivity contribution in [3.05, 3.63) is 0 Å². The molecule has 2 fully saturated rings. The van der Waals surface area contributed by atoms with Crippen LogP contribution in [0.4, 0.5) is 0 Å². The van der Waals surface area contributed by atoms with Gasteiger partial charge >= 0.3 is 0 Å². The SMILES string of the molecule is CN=C(NCCN1CCCCC1)NCC1(C)CCCC1. The molecule has 20 heavy (non-hydrogen) atoms. The lowest BCUT2D eigenvalue weighted by Crippen LogP contribution is -2.45. The van der Waals surface area contributed by atoms with Gasteiger partial charge < -0.3 is 15.5 Å². The lowest BCUT2D eigenvalue weighted by Gasteiger charge is -2.27. The number of hydrogen-bond donors (Lipinski definition) is 2. The molecule has 0 amide bonds. The standard InChI is InChI=1S/C16H32N4/c1-16(8-4-5-9-16)14-19-15(17-2)18-10-13-20-11-6-3-7-12-20/h3-14H2,1-2H3,(H2,17,18,19). The highest BCUT2D eigenvalue weighted by atomic mass is 15.2. The number of likely N-dealkylation sites (tertiary alicyclic amines) is 1. The number of aliphatic imine (C=N–C) groups is 1. The van der Waals surface area contributed by atoms with Crippen molar-refractivity contribution in [2.45, 2.75) is 51.9 Å². The van der Waals surface area contributed by atoms with Gasteiger partial charge in [0.15, 0.2) is 5.96 Å². The van der Waals surface area contributed by atoms with E-state index in [2.05, 4.69) is 27.4 Å². The molecule has 0 bridgehead atoms. The number of guanidine groups is 1. The van der Waals surface area contributed by atoms with Crippen LogP contribution in [0.5, 0.6) is 0 Å². The molecular formula is C16H32N4. The van der Waals surface area contributed by atoms with Crippen molar-refractivity contribution in [3.63, 3.8) is 0 Å². The first-order valence-corrected chi connectivity index (χ1v) is 8.39. The van der Waals surface area contributed by atoms with Gasteiger partial charge in [-0.3, -0.25) is 4.99 Å². The minimum absolute atomic E-state index is 0.477. The monoisotopic (exact) mass is 280 g/mol. The van der Waals surface area contributed by atoms with Crippen LogP contribution in [-0.2, 0) is 0 Å². The molecule has 1 saturated heterocycles. The van der Waals surface area contributed by atoms with Crippen LogP contribution in [0.2, 0.25) is 0 Å². The Kier molecular flexibility index (Phi) is 6.14. The summed E-state index contributed by atoms with van der Waals surface area (Å²) in [6.07, 6.45) is 9.62. The van der Waals surface area contributed by atoms with E-state index in [0.29, 0.717) is 5.41 Å². The van der Waals surface area contributed by atoms with E-state index in [9.17, 15) is 0 Å². The van der Waals surface area contributed by atoms with E-state index in [-0.39, 0.29) is 0 Å². The quantitative estimate of drug-likeness (QED) is 0.599. The van der Waals surface area contributed by atoms with Gasteiger partial charge in [-0.1, -0.05) is 26.2 Å². The van der Waals surface area contributed by atoms with E-state index in [1.807, 2.05) is 7.05 Å². The molecular weight excluding hydrogens is 248 g/mol. The zero-order valence-electron chi connectivity index (χ0n) is 13.4. The molecule has 2 rings (SSSR count). The summed E-state index contributed by atoms with van der Waals surface area (Å²) in [4.78, 5) is 6.90. The minimum Gasteiger partial charge on any atom is -0.356 e. The van der Waals surface area contributed by atoms with E-state index in [1.165, 1.54) is 58.0 Å². The average Bonchev–Trinajstić information content (AvgIpc) is 2.91. The number of nitrogens with one attached hydrogen (secondary N) is 2. The normalized spacial score (nSPS) is 23.8. The van der Waals surface area contributed by atoms with Crippen LogP contribution < -0.4 is 10.6 Å². The first-order chi connectivity index (χ1) is 9.72. The first-order valence-electron chi connectivity index (χ1n) is 8.39. The molecule has 4 nitrogen and oxygen atoms in total. The van der Waals surface area contributed by atoms with Crippen LogP contribution in [0, 0.1) is 5.41 Å². The lowest BCUT2D eigenvalue weighted by atomic mass is 9.89. The van der Waals surface area contributed by atoms with E-state index in [1.54, 1.807) is 0 Å². The third-order valence-electron chi connectivity index (χ3n) is 4.89. The van der Waals surface area contributed by atoms with Crippen LogP contribution in [-0.4, -0.2) is 50.6 Å². The van der Waals surface area contributed by atoms with Crippen LogP contribution in [0.3, 0.4) is 0 Å². The Bertz CT molecular complexity index is 302. The van der Waals surface area contributed by atoms with Crippen molar-refractivity contribution in [3.8, 4) is 0 Å². The molecule has 116 valence electrons. The molecule has 2 aliphatic rings. The molecule has 0 aromatic heterocycles. The Balaban J connectivity index is 1.62. The van der Waals surface area contributed by atoms with Gasteiger partial charge in [0, 0.05) is 26.7 Å². The fraction of sp³-hybridized carbons (Fsp3) is 0.938. The summed E-state index contributed by atoms with van der Waals surface area (Å²) >= 11 is 0. The fourth-order valence-electron chi connectivity index (χ4n) is 3.44. The third kappa shape index (κ3) is 4.97. The molecule has 1 saturated carbocycles. The van der Waals surface area contributed by atoms with Crippen molar-refractivity contribution in [2.24, 2.45) is 10.4 Å². The Morgan fingerprint density at radius 2 is 1.75 bits per heavy atom. The van der Waals surface area contributed by atoms with Crippen LogP contribution in [0.1, 0.15) is 51.9 Å². The minimum atomic E-state index is 0.477. The van der Waals surface area contributed by atoms with Crippen molar-refractivity contribution in [2.75, 3.05) is 39.8 Å². The Labute approximate surface area is 124 Å². The fourth-order valence-corrected chi connectivity index (χ4v) is 3.44. The van der Waals surface area contributed by atoms with Crippen LogP contribution in [0.25, 0.3) is 0 Å². The maximum absolute atomic E-state index is 4.34. The van der Waals surface area contributed by atoms with Gasteiger partial charge in [0.2, 0.25) is 0 Å². The second-order valence-corrected chi connectivity index (χ2v) is 6.77. The summed E-state index contributed by atoms with van der Waals surface area (Å²) in [5.41, 5.74) is 0.477. The zero-order chi connectivity index (χ0) is 14.3. The van der Waals surface area contributed by atoms with Crippen molar-refractivity contribution in [1.29, 1.82) is 0 Å². The Morgan fingerprint density at radius 3 is 2.40 bits per heavy atom. The zero-order valence-corrected chi connectivity index (χ0v) is 13.4. The number of piperidine rings is 1. The molecule has 0 aromatic carbocycles. The molecule has 0 unspecified atom stereocenters. The topological polar surface area (TPSA) is 39.7 Å². The van der Waals surface area contributed by atoms with Gasteiger partial charge in [-0.2, -0.15) is 0 Å². The summed E-state index contributed by atoms with van der Waals surface area (Å²) in [7, 11) is 1.87. The molecule has 0 aromatic rings. The molecule has 0 radical (unpaired) electrons. The predicted octanol–water partition coefficient (Wildman–Crippen LogP) is 2.22. The van der Waals surface area contributed by atoms with Gasteiger partial charge in [-0.15, -0.1) is 0 Å². The Hall–Kier alpha value is -0.770. The average molecular weight is 280 g/mol. The van der Waals surface area contributed by atoms with Crippen LogP contribution >= 0.6 is 0 Å². The maximum atomic E-state index is 4.34. The number of nitrogens with zero attached hydrogens (tertiary/aromatic N) is 2. The van der Waals surface area contributed by atoms with Crippen molar-refractivity contribution in [1.82, 2.24) is 15.5 Å². The summed E-state index contributed by atoms with van der Waals surface area (Å²) in [6, 6.07) is 0. The maximum Gasteiger partial charge on any atom is 0.191 e. The molecule has 1 aliphatic carbocycles. The molecule has 1 aliphatic heterocycles. The summed E-state index contributed by atoms with van der Waals surface area (Å²) in [5.74, 6) is 0.968. The second-order valence-electron chi connectivity index (χ2n) is 6.77. The largest absolute Gasteiger partial charge is 0.356 e. The predicted molar refractivity (Wildman–Crippen MR) is 86.2 cm³/mol. The van der Waals surface area contributed by atoms with E-state index in [0.717, 1.165) is 25.6 Å². The first kappa shape index (κ1) is 15.6. The number of hydrogen-bond acceptors (Lipinski definition) is 2. The third-order valence-corrected chi connectivity index (χ3v) is 4.89. The summed E-state index contributed by atoms with van der Waals surface area (Å²) < 4.78 is 0. The second kappa shape index (κ2) is 7.87. The van der Waals surface area contributed by atoms with Gasteiger partial charge in [-0.25, -0.2) is 0 Å². The van der Waals surface area contributed by atoms with Crippen LogP contribution in [0.15, 0.2) is 4.99 Å². The van der Waals surface area contributed by atoms with Crippen molar-refractivity contribution < 1.29 is 0 Å². The Morgan fingerprint density at radius 1 is 1.05 bits per heavy atom. The van der Waals surface area contributed by atoms with Crippen molar-refractivity contribution >= 4 is 5.96 Å². The molecule has 0 atom stereocenters. The highest BCUT2D eigenvalue weighted by molar-refractivity contribution is 5.79. The van der Waals surface area contributed by atoms with E-state index in [4.69, 9.17) is 0 Å². The number of rotatable bonds is 5. The lowest BCUT2D eigenvalue weighted by molar-refractivity contribution is 0.232. The molecule has 2 N–H and O–H groups in total. The van der Waals surface area contributed by atoms with E-state index < -0.39 is 0 Å². The highest BCUT2D eigenvalue weighted by Gasteiger charge is 2.28. The molecule has 1 heterocycles.